The number of hydrogen-bond donors (Lipinski definition) is 0. The molecule has 0 aliphatic rings. The van der Waals surface area contributed by atoms with Gasteiger partial charge in [0.15, 0.2) is 0 Å². The van der Waals surface area contributed by atoms with Crippen LogP contribution >= 0.6 is 0 Å². The summed E-state index contributed by atoms with van der Waals surface area (Å²) in [6.07, 6.45) is 2.01. The summed E-state index contributed by atoms with van der Waals surface area (Å²) >= 11 is 0. The highest BCUT2D eigenvalue weighted by Gasteiger charge is 2.23. The zero-order valence-corrected chi connectivity index (χ0v) is 11.1. The summed E-state index contributed by atoms with van der Waals surface area (Å²) in [6, 6.07) is 10.1. The first-order chi connectivity index (χ1) is 8.65. The summed E-state index contributed by atoms with van der Waals surface area (Å²) in [5.41, 5.74) is 1.27. The van der Waals surface area contributed by atoms with Crippen molar-refractivity contribution in [2.45, 2.75) is 38.8 Å². The fraction of sp³-hybridized carbons (Fsp3) is 0.533. The molecule has 100 valence electrons. The van der Waals surface area contributed by atoms with Crippen LogP contribution in [0.4, 0.5) is 4.39 Å². The lowest BCUT2D eigenvalue weighted by atomic mass is 9.99. The van der Waals surface area contributed by atoms with Gasteiger partial charge in [0, 0.05) is 0 Å². The van der Waals surface area contributed by atoms with Crippen molar-refractivity contribution in [2.75, 3.05) is 7.11 Å². The van der Waals surface area contributed by atoms with Crippen LogP contribution in [0.1, 0.15) is 31.7 Å². The van der Waals surface area contributed by atoms with Crippen LogP contribution in [0.15, 0.2) is 30.3 Å². The molecule has 0 bridgehead atoms. The minimum Gasteiger partial charge on any atom is -0.469 e. The maximum Gasteiger partial charge on any atom is 0.311 e. The first-order valence-electron chi connectivity index (χ1n) is 6.41. The maximum absolute atomic E-state index is 13.7. The Balaban J connectivity index is 2.20. The summed E-state index contributed by atoms with van der Waals surface area (Å²) in [4.78, 5) is 11.1. The van der Waals surface area contributed by atoms with E-state index in [1.54, 1.807) is 6.92 Å². The monoisotopic (exact) mass is 252 g/mol. The number of rotatable bonds is 7. The summed E-state index contributed by atoms with van der Waals surface area (Å²) in [7, 11) is 1.29. The lowest BCUT2D eigenvalue weighted by molar-refractivity contribution is -0.147. The highest BCUT2D eigenvalue weighted by Crippen LogP contribution is 2.17. The van der Waals surface area contributed by atoms with Crippen molar-refractivity contribution >= 4 is 5.97 Å². The van der Waals surface area contributed by atoms with Crippen molar-refractivity contribution in [1.29, 1.82) is 0 Å². The van der Waals surface area contributed by atoms with E-state index < -0.39 is 18.1 Å². The number of aryl methyl sites for hydroxylation is 1. The average molecular weight is 252 g/mol. The van der Waals surface area contributed by atoms with Crippen molar-refractivity contribution in [3.05, 3.63) is 35.9 Å². The number of carbonyl (C=O) groups is 1. The summed E-state index contributed by atoms with van der Waals surface area (Å²) in [5, 5.41) is 0. The highest BCUT2D eigenvalue weighted by molar-refractivity contribution is 5.72. The number of benzene rings is 1. The second kappa shape index (κ2) is 7.85. The normalized spacial score (nSPS) is 13.9. The van der Waals surface area contributed by atoms with Gasteiger partial charge >= 0.3 is 5.97 Å². The van der Waals surface area contributed by atoms with Gasteiger partial charge in [0.1, 0.15) is 6.17 Å². The Hall–Kier alpha value is -1.38. The SMILES string of the molecule is COC(=O)C(C)C(F)CCCCc1ccccc1. The molecular formula is C15H21FO2. The summed E-state index contributed by atoms with van der Waals surface area (Å²) < 4.78 is 18.2. The molecule has 0 N–H and O–H groups in total. The van der Waals surface area contributed by atoms with Gasteiger partial charge in [0.2, 0.25) is 0 Å². The largest absolute Gasteiger partial charge is 0.469 e. The quantitative estimate of drug-likeness (QED) is 0.548. The van der Waals surface area contributed by atoms with E-state index in [0.29, 0.717) is 6.42 Å². The maximum atomic E-state index is 13.7. The van der Waals surface area contributed by atoms with Crippen LogP contribution in [-0.4, -0.2) is 19.3 Å². The molecule has 2 unspecified atom stereocenters. The predicted molar refractivity (Wildman–Crippen MR) is 70.1 cm³/mol. The molecule has 1 rings (SSSR count). The van der Waals surface area contributed by atoms with Crippen LogP contribution < -0.4 is 0 Å². The molecule has 2 atom stereocenters. The Morgan fingerprint density at radius 1 is 1.28 bits per heavy atom. The predicted octanol–water partition coefficient (Wildman–Crippen LogP) is 3.55. The molecule has 0 spiro atoms. The van der Waals surface area contributed by atoms with E-state index in [1.807, 2.05) is 18.2 Å². The zero-order valence-electron chi connectivity index (χ0n) is 11.1. The third-order valence-corrected chi connectivity index (χ3v) is 3.15. The first-order valence-corrected chi connectivity index (χ1v) is 6.41. The molecular weight excluding hydrogens is 231 g/mol. The van der Waals surface area contributed by atoms with Crippen LogP contribution in [0.2, 0.25) is 0 Å². The van der Waals surface area contributed by atoms with E-state index >= 15 is 0 Å². The van der Waals surface area contributed by atoms with Crippen molar-refractivity contribution in [3.8, 4) is 0 Å². The molecule has 0 saturated carbocycles. The highest BCUT2D eigenvalue weighted by atomic mass is 19.1. The van der Waals surface area contributed by atoms with E-state index in [0.717, 1.165) is 19.3 Å². The molecule has 0 saturated heterocycles. The van der Waals surface area contributed by atoms with Crippen LogP contribution in [0.5, 0.6) is 0 Å². The van der Waals surface area contributed by atoms with E-state index in [1.165, 1.54) is 12.7 Å². The number of methoxy groups -OCH3 is 1. The number of unbranched alkanes of at least 4 members (excludes halogenated alkanes) is 1. The minimum atomic E-state index is -1.10. The number of carbonyl (C=O) groups excluding carboxylic acids is 1. The zero-order chi connectivity index (χ0) is 13.4. The van der Waals surface area contributed by atoms with Crippen LogP contribution in [0, 0.1) is 5.92 Å². The fourth-order valence-corrected chi connectivity index (χ4v) is 1.90. The van der Waals surface area contributed by atoms with E-state index in [2.05, 4.69) is 16.9 Å². The number of halogens is 1. The van der Waals surface area contributed by atoms with Crippen molar-refractivity contribution in [1.82, 2.24) is 0 Å². The lowest BCUT2D eigenvalue weighted by Gasteiger charge is -2.14. The van der Waals surface area contributed by atoms with Crippen LogP contribution in [-0.2, 0) is 16.0 Å². The second-order valence-electron chi connectivity index (χ2n) is 4.56. The molecule has 1 aromatic rings. The van der Waals surface area contributed by atoms with E-state index in [9.17, 15) is 9.18 Å². The smallest absolute Gasteiger partial charge is 0.311 e. The Morgan fingerprint density at radius 2 is 1.94 bits per heavy atom. The average Bonchev–Trinajstić information content (AvgIpc) is 2.42. The van der Waals surface area contributed by atoms with E-state index in [-0.39, 0.29) is 0 Å². The molecule has 0 aromatic heterocycles. The number of alkyl halides is 1. The van der Waals surface area contributed by atoms with Gasteiger partial charge in [0.05, 0.1) is 13.0 Å². The van der Waals surface area contributed by atoms with Gasteiger partial charge in [-0.2, -0.15) is 0 Å². The molecule has 0 aliphatic heterocycles. The standard InChI is InChI=1S/C15H21FO2/c1-12(15(17)18-2)14(16)11-7-6-10-13-8-4-3-5-9-13/h3-5,8-9,12,14H,6-7,10-11H2,1-2H3. The van der Waals surface area contributed by atoms with Crippen molar-refractivity contribution < 1.29 is 13.9 Å². The molecule has 1 aromatic carbocycles. The van der Waals surface area contributed by atoms with Gasteiger partial charge in [-0.25, -0.2) is 4.39 Å². The Morgan fingerprint density at radius 3 is 2.56 bits per heavy atom. The molecule has 0 heterocycles. The Labute approximate surface area is 108 Å². The molecule has 2 nitrogen and oxygen atoms in total. The van der Waals surface area contributed by atoms with E-state index in [4.69, 9.17) is 0 Å². The first kappa shape index (κ1) is 14.7. The minimum absolute atomic E-state index is 0.420. The molecule has 0 radical (unpaired) electrons. The molecule has 0 fully saturated rings. The number of esters is 1. The second-order valence-corrected chi connectivity index (χ2v) is 4.56. The Bertz CT molecular complexity index is 351. The number of ether oxygens (including phenoxy) is 1. The molecule has 3 heteroatoms. The third-order valence-electron chi connectivity index (χ3n) is 3.15. The van der Waals surface area contributed by atoms with Gasteiger partial charge in [-0.05, 0) is 31.7 Å². The van der Waals surface area contributed by atoms with Gasteiger partial charge in [0.25, 0.3) is 0 Å². The summed E-state index contributed by atoms with van der Waals surface area (Å²) in [5.74, 6) is -1.13. The lowest BCUT2D eigenvalue weighted by Crippen LogP contribution is -2.23. The molecule has 0 amide bonds. The third kappa shape index (κ3) is 4.86. The van der Waals surface area contributed by atoms with Crippen LogP contribution in [0.25, 0.3) is 0 Å². The number of hydrogen-bond acceptors (Lipinski definition) is 2. The fourth-order valence-electron chi connectivity index (χ4n) is 1.90. The van der Waals surface area contributed by atoms with Gasteiger partial charge in [-0.15, -0.1) is 0 Å². The molecule has 0 aliphatic carbocycles. The topological polar surface area (TPSA) is 26.3 Å². The van der Waals surface area contributed by atoms with Gasteiger partial charge in [-0.3, -0.25) is 4.79 Å². The van der Waals surface area contributed by atoms with Crippen LogP contribution in [0.3, 0.4) is 0 Å². The van der Waals surface area contributed by atoms with Crippen molar-refractivity contribution in [2.24, 2.45) is 5.92 Å². The Kier molecular flexibility index (Phi) is 6.40. The molecule has 18 heavy (non-hydrogen) atoms. The summed E-state index contributed by atoms with van der Waals surface area (Å²) in [6.45, 7) is 1.58. The van der Waals surface area contributed by atoms with Gasteiger partial charge < -0.3 is 4.74 Å². The van der Waals surface area contributed by atoms with Crippen molar-refractivity contribution in [3.63, 3.8) is 0 Å². The van der Waals surface area contributed by atoms with Gasteiger partial charge in [-0.1, -0.05) is 36.8 Å².